The molecule has 0 aromatic carbocycles. The molecule has 108 valence electrons. The Morgan fingerprint density at radius 2 is 1.67 bits per heavy atom. The van der Waals surface area contributed by atoms with Gasteiger partial charge in [-0.1, -0.05) is 19.3 Å². The maximum absolute atomic E-state index is 10.4. The summed E-state index contributed by atoms with van der Waals surface area (Å²) in [5.41, 5.74) is 12.1. The fourth-order valence-corrected chi connectivity index (χ4v) is 1.40. The SMILES string of the molecule is CC(C[NH-])CC[NH-].O=C(O)C1(C(=O)O)CCC1.[Pt+2]. The summed E-state index contributed by atoms with van der Waals surface area (Å²) in [7, 11) is 0. The van der Waals surface area contributed by atoms with Gasteiger partial charge in [-0.25, -0.2) is 0 Å². The van der Waals surface area contributed by atoms with Gasteiger partial charge in [0.1, 0.15) is 0 Å². The van der Waals surface area contributed by atoms with Crippen LogP contribution in [0.15, 0.2) is 0 Å². The number of carboxylic acid groups (broad SMARTS) is 2. The monoisotopic (exact) mass is 439 g/mol. The molecule has 18 heavy (non-hydrogen) atoms. The van der Waals surface area contributed by atoms with E-state index >= 15 is 0 Å². The minimum Gasteiger partial charge on any atom is -0.677 e. The number of carboxylic acids is 2. The molecule has 0 bridgehead atoms. The molecule has 4 N–H and O–H groups in total. The van der Waals surface area contributed by atoms with Crippen LogP contribution in [0, 0.1) is 11.3 Å². The van der Waals surface area contributed by atoms with E-state index in [9.17, 15) is 9.59 Å². The van der Waals surface area contributed by atoms with Crippen molar-refractivity contribution in [2.75, 3.05) is 13.1 Å². The van der Waals surface area contributed by atoms with Crippen molar-refractivity contribution in [1.29, 1.82) is 0 Å². The molecule has 0 aromatic heterocycles. The van der Waals surface area contributed by atoms with Crippen LogP contribution in [0.1, 0.15) is 32.6 Å². The van der Waals surface area contributed by atoms with Crippen molar-refractivity contribution in [2.45, 2.75) is 32.6 Å². The van der Waals surface area contributed by atoms with Gasteiger partial charge in [-0.3, -0.25) is 9.59 Å². The van der Waals surface area contributed by atoms with Crippen molar-refractivity contribution in [3.63, 3.8) is 0 Å². The third kappa shape index (κ3) is 5.46. The van der Waals surface area contributed by atoms with Gasteiger partial charge in [-0.2, -0.15) is 6.54 Å². The zero-order chi connectivity index (χ0) is 13.5. The van der Waals surface area contributed by atoms with Gasteiger partial charge in [-0.05, 0) is 19.3 Å². The van der Waals surface area contributed by atoms with E-state index in [0.29, 0.717) is 25.4 Å². The van der Waals surface area contributed by atoms with Gasteiger partial charge in [0.05, 0.1) is 0 Å². The summed E-state index contributed by atoms with van der Waals surface area (Å²) in [4.78, 5) is 20.7. The quantitative estimate of drug-likeness (QED) is 0.639. The van der Waals surface area contributed by atoms with Gasteiger partial charge in [0.25, 0.3) is 0 Å². The van der Waals surface area contributed by atoms with E-state index in [4.69, 9.17) is 21.7 Å². The van der Waals surface area contributed by atoms with E-state index in [0.717, 1.165) is 6.42 Å². The first kappa shape index (κ1) is 19.9. The van der Waals surface area contributed by atoms with Gasteiger partial charge >= 0.3 is 33.0 Å². The number of hydrogen-bond donors (Lipinski definition) is 2. The fourth-order valence-electron chi connectivity index (χ4n) is 1.40. The van der Waals surface area contributed by atoms with Crippen molar-refractivity contribution in [2.24, 2.45) is 11.3 Å². The Bertz CT molecular complexity index is 254. The first-order valence-corrected chi connectivity index (χ1v) is 5.66. The Labute approximate surface area is 121 Å². The van der Waals surface area contributed by atoms with Gasteiger partial charge in [0.2, 0.25) is 0 Å². The molecule has 0 spiro atoms. The molecular weight excluding hydrogens is 419 g/mol. The molecule has 0 aromatic rings. The maximum atomic E-state index is 10.4. The Kier molecular flexibility index (Phi) is 10.5. The molecule has 1 unspecified atom stereocenters. The molecule has 1 aliphatic carbocycles. The normalized spacial score (nSPS) is 17.3. The number of hydrogen-bond acceptors (Lipinski definition) is 2. The van der Waals surface area contributed by atoms with E-state index in [2.05, 4.69) is 0 Å². The van der Waals surface area contributed by atoms with E-state index in [-0.39, 0.29) is 33.9 Å². The van der Waals surface area contributed by atoms with Gasteiger partial charge in [0.15, 0.2) is 5.41 Å². The van der Waals surface area contributed by atoms with Crippen LogP contribution in [0.3, 0.4) is 0 Å². The largest absolute Gasteiger partial charge is 2.00 e. The molecule has 0 heterocycles. The van der Waals surface area contributed by atoms with Crippen LogP contribution in [0.4, 0.5) is 0 Å². The Morgan fingerprint density at radius 3 is 1.72 bits per heavy atom. The molecule has 0 saturated heterocycles. The van der Waals surface area contributed by atoms with E-state index in [1.54, 1.807) is 0 Å². The van der Waals surface area contributed by atoms with E-state index in [1.165, 1.54) is 0 Å². The van der Waals surface area contributed by atoms with Crippen molar-refractivity contribution in [3.05, 3.63) is 11.5 Å². The van der Waals surface area contributed by atoms with Crippen LogP contribution >= 0.6 is 0 Å². The summed E-state index contributed by atoms with van der Waals surface area (Å²) in [6.07, 6.45) is 2.14. The standard InChI is InChI=1S/C6H8O4.C5H12N2.Pt/c7-4(8)6(5(9)10)2-1-3-6;1-5(4-7)2-3-6;/h1-3H2,(H,7,8)(H,9,10);5-7H,2-4H2,1H3;/q;-2;+2. The van der Waals surface area contributed by atoms with E-state index < -0.39 is 17.4 Å². The summed E-state index contributed by atoms with van der Waals surface area (Å²) in [6.45, 7) is 2.94. The molecule has 0 radical (unpaired) electrons. The van der Waals surface area contributed by atoms with Crippen LogP contribution in [-0.2, 0) is 30.7 Å². The van der Waals surface area contributed by atoms with Crippen LogP contribution in [0.2, 0.25) is 0 Å². The zero-order valence-electron chi connectivity index (χ0n) is 10.3. The molecule has 1 atom stereocenters. The molecule has 1 fully saturated rings. The summed E-state index contributed by atoms with van der Waals surface area (Å²) in [6, 6.07) is 0. The zero-order valence-corrected chi connectivity index (χ0v) is 12.6. The first-order chi connectivity index (χ1) is 7.90. The average Bonchev–Trinajstić information content (AvgIpc) is 2.15. The predicted octanol–water partition coefficient (Wildman–Crippen LogP) is 2.44. The summed E-state index contributed by atoms with van der Waals surface area (Å²) >= 11 is 0. The number of aliphatic carboxylic acids is 2. The molecule has 0 amide bonds. The number of nitrogens with one attached hydrogen (secondary N) is 2. The smallest absolute Gasteiger partial charge is 0.677 e. The minimum atomic E-state index is -1.44. The molecule has 7 heteroatoms. The number of carbonyl (C=O) groups is 2. The molecular formula is C11H20N2O4Pt. The molecule has 1 rings (SSSR count). The van der Waals surface area contributed by atoms with Crippen molar-refractivity contribution < 1.29 is 40.9 Å². The second kappa shape index (κ2) is 9.47. The van der Waals surface area contributed by atoms with Crippen molar-refractivity contribution >= 4 is 11.9 Å². The van der Waals surface area contributed by atoms with Gasteiger partial charge in [-0.15, -0.1) is 6.54 Å². The summed E-state index contributed by atoms with van der Waals surface area (Å²) in [5.74, 6) is -1.98. The minimum absolute atomic E-state index is 0. The molecule has 1 aliphatic rings. The van der Waals surface area contributed by atoms with Crippen LogP contribution in [0.5, 0.6) is 0 Å². The fraction of sp³-hybridized carbons (Fsp3) is 0.818. The number of rotatable bonds is 5. The Balaban J connectivity index is 0. The van der Waals surface area contributed by atoms with Crippen LogP contribution in [0.25, 0.3) is 11.5 Å². The molecule has 6 nitrogen and oxygen atoms in total. The average molecular weight is 439 g/mol. The van der Waals surface area contributed by atoms with Gasteiger partial charge in [0, 0.05) is 0 Å². The molecule has 1 saturated carbocycles. The van der Waals surface area contributed by atoms with Crippen LogP contribution < -0.4 is 0 Å². The Hall–Kier alpha value is -0.452. The summed E-state index contributed by atoms with van der Waals surface area (Å²) in [5, 5.41) is 16.9. The van der Waals surface area contributed by atoms with Crippen molar-refractivity contribution in [3.8, 4) is 0 Å². The predicted molar refractivity (Wildman–Crippen MR) is 63.7 cm³/mol. The molecule has 0 aliphatic heterocycles. The van der Waals surface area contributed by atoms with Gasteiger partial charge < -0.3 is 21.7 Å². The maximum Gasteiger partial charge on any atom is 2.00 e. The summed E-state index contributed by atoms with van der Waals surface area (Å²) < 4.78 is 0. The second-order valence-electron chi connectivity index (χ2n) is 4.39. The third-order valence-electron chi connectivity index (χ3n) is 3.01. The van der Waals surface area contributed by atoms with E-state index in [1.807, 2.05) is 6.92 Å². The van der Waals surface area contributed by atoms with Crippen LogP contribution in [-0.4, -0.2) is 35.2 Å². The Morgan fingerprint density at radius 1 is 1.22 bits per heavy atom. The topological polar surface area (TPSA) is 122 Å². The first-order valence-electron chi connectivity index (χ1n) is 5.66. The third-order valence-corrected chi connectivity index (χ3v) is 3.01. The van der Waals surface area contributed by atoms with Crippen molar-refractivity contribution in [1.82, 2.24) is 0 Å². The second-order valence-corrected chi connectivity index (χ2v) is 4.39.